The van der Waals surface area contributed by atoms with Crippen molar-refractivity contribution in [1.29, 1.82) is 0 Å². The molecule has 1 aromatic carbocycles. The van der Waals surface area contributed by atoms with E-state index >= 15 is 0 Å². The number of nitrogens with one attached hydrogen (secondary N) is 2. The van der Waals surface area contributed by atoms with Gasteiger partial charge in [0.05, 0.1) is 12.1 Å². The molecule has 0 aliphatic heterocycles. The summed E-state index contributed by atoms with van der Waals surface area (Å²) >= 11 is 5.99. The van der Waals surface area contributed by atoms with E-state index in [1.165, 1.54) is 12.8 Å². The quantitative estimate of drug-likeness (QED) is 0.804. The number of carbonyl (C=O) groups is 2. The van der Waals surface area contributed by atoms with Crippen LogP contribution in [-0.2, 0) is 9.53 Å². The van der Waals surface area contributed by atoms with Gasteiger partial charge < -0.3 is 15.4 Å². The minimum absolute atomic E-state index is 0.0721. The summed E-state index contributed by atoms with van der Waals surface area (Å²) in [7, 11) is 1.66. The molecule has 0 bridgehead atoms. The van der Waals surface area contributed by atoms with Gasteiger partial charge in [0.15, 0.2) is 0 Å². The number of amides is 2. The first kappa shape index (κ1) is 20.2. The average Bonchev–Trinajstić information content (AvgIpc) is 3.14. The minimum atomic E-state index is -0.175. The zero-order valence-electron chi connectivity index (χ0n) is 16.1. The van der Waals surface area contributed by atoms with Crippen LogP contribution in [-0.4, -0.2) is 37.1 Å². The van der Waals surface area contributed by atoms with Crippen molar-refractivity contribution in [2.24, 2.45) is 5.92 Å². The summed E-state index contributed by atoms with van der Waals surface area (Å²) in [6.45, 7) is 1.87. The van der Waals surface area contributed by atoms with Crippen LogP contribution < -0.4 is 10.6 Å². The van der Waals surface area contributed by atoms with Crippen LogP contribution in [0.4, 0.5) is 0 Å². The van der Waals surface area contributed by atoms with Crippen LogP contribution in [0.2, 0.25) is 5.02 Å². The molecule has 3 rings (SSSR count). The van der Waals surface area contributed by atoms with E-state index in [0.717, 1.165) is 31.2 Å². The summed E-state index contributed by atoms with van der Waals surface area (Å²) in [4.78, 5) is 25.4. The summed E-state index contributed by atoms with van der Waals surface area (Å²) in [5.41, 5.74) is 1.44. The molecule has 6 heteroatoms. The first-order valence-electron chi connectivity index (χ1n) is 9.88. The fourth-order valence-corrected chi connectivity index (χ4v) is 4.56. The normalized spacial score (nSPS) is 26.0. The highest BCUT2D eigenvalue weighted by Gasteiger charge is 2.36. The van der Waals surface area contributed by atoms with Crippen molar-refractivity contribution in [2.75, 3.05) is 7.11 Å². The lowest BCUT2D eigenvalue weighted by Gasteiger charge is -2.35. The molecule has 0 radical (unpaired) electrons. The summed E-state index contributed by atoms with van der Waals surface area (Å²) in [5, 5.41) is 6.89. The minimum Gasteiger partial charge on any atom is -0.379 e. The zero-order valence-corrected chi connectivity index (χ0v) is 16.8. The predicted octanol–water partition coefficient (Wildman–Crippen LogP) is 3.62. The number of hydrogen-bond acceptors (Lipinski definition) is 3. The molecular weight excluding hydrogens is 364 g/mol. The smallest absolute Gasteiger partial charge is 0.251 e. The summed E-state index contributed by atoms with van der Waals surface area (Å²) < 4.78 is 5.58. The summed E-state index contributed by atoms with van der Waals surface area (Å²) in [5.74, 6) is -0.0972. The largest absolute Gasteiger partial charge is 0.379 e. The summed E-state index contributed by atoms with van der Waals surface area (Å²) in [6.07, 6.45) is 6.64. The number of rotatable bonds is 5. The fourth-order valence-electron chi connectivity index (χ4n) is 4.33. The van der Waals surface area contributed by atoms with E-state index < -0.39 is 0 Å². The molecule has 0 heterocycles. The molecule has 2 aliphatic carbocycles. The maximum absolute atomic E-state index is 12.8. The van der Waals surface area contributed by atoms with Gasteiger partial charge in [0.2, 0.25) is 5.91 Å². The van der Waals surface area contributed by atoms with E-state index in [2.05, 4.69) is 10.6 Å². The predicted molar refractivity (Wildman–Crippen MR) is 106 cm³/mol. The number of halogens is 1. The van der Waals surface area contributed by atoms with Gasteiger partial charge in [-0.15, -0.1) is 0 Å². The van der Waals surface area contributed by atoms with Crippen LogP contribution in [0.1, 0.15) is 60.9 Å². The highest BCUT2D eigenvalue weighted by Crippen LogP contribution is 2.28. The number of hydrogen-bond donors (Lipinski definition) is 2. The molecule has 148 valence electrons. The van der Waals surface area contributed by atoms with Crippen LogP contribution in [0.5, 0.6) is 0 Å². The zero-order chi connectivity index (χ0) is 19.4. The molecule has 0 unspecified atom stereocenters. The molecule has 0 spiro atoms. The van der Waals surface area contributed by atoms with Crippen molar-refractivity contribution in [1.82, 2.24) is 10.6 Å². The van der Waals surface area contributed by atoms with Crippen molar-refractivity contribution in [3.8, 4) is 0 Å². The maximum Gasteiger partial charge on any atom is 0.251 e. The topological polar surface area (TPSA) is 67.4 Å². The Labute approximate surface area is 166 Å². The third-order valence-electron chi connectivity index (χ3n) is 5.91. The third-order valence-corrected chi connectivity index (χ3v) is 6.15. The van der Waals surface area contributed by atoms with E-state index in [4.69, 9.17) is 16.3 Å². The monoisotopic (exact) mass is 392 g/mol. The Morgan fingerprint density at radius 1 is 1.11 bits per heavy atom. The fraction of sp³-hybridized carbons (Fsp3) is 0.619. The van der Waals surface area contributed by atoms with Gasteiger partial charge in [-0.3, -0.25) is 9.59 Å². The van der Waals surface area contributed by atoms with Gasteiger partial charge in [-0.05, 0) is 62.8 Å². The standard InChI is InChI=1S/C21H29ClN2O3/c1-13-11-15(22)8-9-17(13)21(26)24-18-12-14(7-10-19(18)27-2)20(25)23-16-5-3-4-6-16/h8-9,11,14,16,18-19H,3-7,10,12H2,1-2H3,(H,23,25)(H,24,26)/t14-,18+,19+/m0/s1. The second-order valence-corrected chi connectivity index (χ2v) is 8.25. The Morgan fingerprint density at radius 2 is 1.85 bits per heavy atom. The molecule has 2 amide bonds. The lowest BCUT2D eigenvalue weighted by Crippen LogP contribution is -2.51. The Morgan fingerprint density at radius 3 is 2.52 bits per heavy atom. The van der Waals surface area contributed by atoms with Gasteiger partial charge in [0.1, 0.15) is 0 Å². The van der Waals surface area contributed by atoms with Crippen molar-refractivity contribution < 1.29 is 14.3 Å². The van der Waals surface area contributed by atoms with E-state index in [9.17, 15) is 9.59 Å². The Bertz CT molecular complexity index is 688. The molecule has 2 fully saturated rings. The van der Waals surface area contributed by atoms with E-state index in [1.807, 2.05) is 6.92 Å². The van der Waals surface area contributed by atoms with Crippen LogP contribution in [0.15, 0.2) is 18.2 Å². The lowest BCUT2D eigenvalue weighted by atomic mass is 9.82. The average molecular weight is 393 g/mol. The molecule has 0 saturated heterocycles. The number of carbonyl (C=O) groups excluding carboxylic acids is 2. The van der Waals surface area contributed by atoms with Crippen LogP contribution in [0.3, 0.4) is 0 Å². The van der Waals surface area contributed by atoms with E-state index in [-0.39, 0.29) is 29.9 Å². The number of benzene rings is 1. The molecule has 5 nitrogen and oxygen atoms in total. The highest BCUT2D eigenvalue weighted by atomic mass is 35.5. The van der Waals surface area contributed by atoms with Gasteiger partial charge in [-0.1, -0.05) is 24.4 Å². The van der Waals surface area contributed by atoms with Crippen molar-refractivity contribution >= 4 is 23.4 Å². The molecule has 1 aromatic rings. The number of ether oxygens (including phenoxy) is 1. The molecule has 2 saturated carbocycles. The van der Waals surface area contributed by atoms with Crippen LogP contribution >= 0.6 is 11.6 Å². The second kappa shape index (κ2) is 9.07. The highest BCUT2D eigenvalue weighted by molar-refractivity contribution is 6.30. The van der Waals surface area contributed by atoms with E-state index in [0.29, 0.717) is 23.0 Å². The SMILES string of the molecule is CO[C@@H]1CC[C@H](C(=O)NC2CCCC2)C[C@H]1NC(=O)c1ccc(Cl)cc1C. The third kappa shape index (κ3) is 5.02. The van der Waals surface area contributed by atoms with Crippen LogP contribution in [0.25, 0.3) is 0 Å². The lowest BCUT2D eigenvalue weighted by molar-refractivity contribution is -0.128. The number of methoxy groups -OCH3 is 1. The van der Waals surface area contributed by atoms with Gasteiger partial charge >= 0.3 is 0 Å². The molecular formula is C21H29ClN2O3. The van der Waals surface area contributed by atoms with E-state index in [1.54, 1.807) is 25.3 Å². The van der Waals surface area contributed by atoms with Crippen molar-refractivity contribution in [2.45, 2.75) is 70.1 Å². The molecule has 27 heavy (non-hydrogen) atoms. The first-order valence-corrected chi connectivity index (χ1v) is 10.3. The maximum atomic E-state index is 12.8. The Kier molecular flexibility index (Phi) is 6.77. The first-order chi connectivity index (χ1) is 13.0. The number of aryl methyl sites for hydroxylation is 1. The van der Waals surface area contributed by atoms with Crippen molar-refractivity contribution in [3.63, 3.8) is 0 Å². The Hall–Kier alpha value is -1.59. The van der Waals surface area contributed by atoms with Crippen molar-refractivity contribution in [3.05, 3.63) is 34.3 Å². The molecule has 0 aromatic heterocycles. The molecule has 2 N–H and O–H groups in total. The molecule has 2 aliphatic rings. The van der Waals surface area contributed by atoms with Gasteiger partial charge in [0, 0.05) is 29.7 Å². The second-order valence-electron chi connectivity index (χ2n) is 7.81. The van der Waals surface area contributed by atoms with Gasteiger partial charge in [-0.25, -0.2) is 0 Å². The Balaban J connectivity index is 1.64. The molecule has 3 atom stereocenters. The van der Waals surface area contributed by atoms with Gasteiger partial charge in [-0.2, -0.15) is 0 Å². The summed E-state index contributed by atoms with van der Waals surface area (Å²) in [6, 6.07) is 5.38. The van der Waals surface area contributed by atoms with Crippen LogP contribution in [0, 0.1) is 12.8 Å². The van der Waals surface area contributed by atoms with Gasteiger partial charge in [0.25, 0.3) is 5.91 Å².